The van der Waals surface area contributed by atoms with Gasteiger partial charge in [-0.05, 0) is 51.4 Å². The standard InChI is InChI=1S/C13H15BrClN.ClH/c1-13-5-4-9-8(10(13)6-16-7-13)2-3-11(14)12(9)15;/h2-3,10,16H,4-7H2,1H3;1H/t10-,13-;/m0./s1. The number of benzene rings is 1. The first-order valence-electron chi connectivity index (χ1n) is 5.79. The lowest BCUT2D eigenvalue weighted by molar-refractivity contribution is 0.277. The molecule has 0 unspecified atom stereocenters. The molecule has 1 aromatic rings. The van der Waals surface area contributed by atoms with Crippen molar-refractivity contribution in [2.75, 3.05) is 13.1 Å². The topological polar surface area (TPSA) is 12.0 Å². The van der Waals surface area contributed by atoms with Crippen LogP contribution in [0.15, 0.2) is 16.6 Å². The molecule has 2 aliphatic rings. The molecule has 1 aliphatic carbocycles. The number of nitrogens with one attached hydrogen (secondary N) is 1. The van der Waals surface area contributed by atoms with E-state index >= 15 is 0 Å². The zero-order chi connectivity index (χ0) is 11.3. The number of hydrogen-bond acceptors (Lipinski definition) is 1. The molecule has 0 aromatic heterocycles. The maximum Gasteiger partial charge on any atom is 0.0582 e. The molecular formula is C13H16BrCl2N. The molecule has 17 heavy (non-hydrogen) atoms. The fraction of sp³-hybridized carbons (Fsp3) is 0.538. The Balaban J connectivity index is 0.00000108. The molecule has 0 spiro atoms. The predicted molar refractivity (Wildman–Crippen MR) is 78.4 cm³/mol. The normalized spacial score (nSPS) is 30.4. The molecule has 1 aromatic carbocycles. The van der Waals surface area contributed by atoms with Gasteiger partial charge in [0.1, 0.15) is 0 Å². The van der Waals surface area contributed by atoms with Crippen molar-refractivity contribution in [3.8, 4) is 0 Å². The van der Waals surface area contributed by atoms with E-state index in [1.165, 1.54) is 17.5 Å². The highest BCUT2D eigenvalue weighted by Gasteiger charge is 2.43. The van der Waals surface area contributed by atoms with Gasteiger partial charge in [0.25, 0.3) is 0 Å². The zero-order valence-corrected chi connectivity index (χ0v) is 12.9. The molecule has 4 heteroatoms. The molecule has 1 saturated heterocycles. The Morgan fingerprint density at radius 2 is 2.24 bits per heavy atom. The second-order valence-corrected chi connectivity index (χ2v) is 6.50. The molecule has 0 saturated carbocycles. The summed E-state index contributed by atoms with van der Waals surface area (Å²) in [5.74, 6) is 0.641. The average molecular weight is 337 g/mol. The molecule has 1 aliphatic heterocycles. The van der Waals surface area contributed by atoms with Crippen LogP contribution in [-0.4, -0.2) is 13.1 Å². The molecule has 3 rings (SSSR count). The third-order valence-electron chi connectivity index (χ3n) is 4.27. The van der Waals surface area contributed by atoms with E-state index < -0.39 is 0 Å². The summed E-state index contributed by atoms with van der Waals surface area (Å²) in [5.41, 5.74) is 3.26. The first-order chi connectivity index (χ1) is 7.62. The smallest absolute Gasteiger partial charge is 0.0582 e. The average Bonchev–Trinajstić information content (AvgIpc) is 2.65. The van der Waals surface area contributed by atoms with E-state index in [0.717, 1.165) is 29.0 Å². The van der Waals surface area contributed by atoms with Crippen LogP contribution >= 0.6 is 39.9 Å². The molecule has 1 heterocycles. The van der Waals surface area contributed by atoms with Crippen molar-refractivity contribution in [3.63, 3.8) is 0 Å². The molecular weight excluding hydrogens is 321 g/mol. The van der Waals surface area contributed by atoms with Crippen molar-refractivity contribution >= 4 is 39.9 Å². The van der Waals surface area contributed by atoms with E-state index in [1.807, 2.05) is 0 Å². The number of fused-ring (bicyclic) bond motifs is 3. The van der Waals surface area contributed by atoms with E-state index in [0.29, 0.717) is 11.3 Å². The minimum atomic E-state index is 0. The minimum Gasteiger partial charge on any atom is -0.316 e. The third kappa shape index (κ3) is 2.03. The van der Waals surface area contributed by atoms with Crippen LogP contribution in [0.2, 0.25) is 5.02 Å². The van der Waals surface area contributed by atoms with Crippen LogP contribution in [-0.2, 0) is 6.42 Å². The highest BCUT2D eigenvalue weighted by atomic mass is 79.9. The lowest BCUT2D eigenvalue weighted by atomic mass is 9.67. The van der Waals surface area contributed by atoms with Gasteiger partial charge in [-0.15, -0.1) is 12.4 Å². The van der Waals surface area contributed by atoms with Crippen LogP contribution in [0.4, 0.5) is 0 Å². The Morgan fingerprint density at radius 1 is 1.47 bits per heavy atom. The van der Waals surface area contributed by atoms with Crippen LogP contribution in [0.5, 0.6) is 0 Å². The van der Waals surface area contributed by atoms with Crippen molar-refractivity contribution in [1.82, 2.24) is 5.32 Å². The van der Waals surface area contributed by atoms with Gasteiger partial charge in [0.2, 0.25) is 0 Å². The van der Waals surface area contributed by atoms with Gasteiger partial charge in [0, 0.05) is 23.5 Å². The zero-order valence-electron chi connectivity index (χ0n) is 9.72. The first-order valence-corrected chi connectivity index (χ1v) is 6.96. The van der Waals surface area contributed by atoms with Gasteiger partial charge in [0.05, 0.1) is 5.02 Å². The maximum absolute atomic E-state index is 6.38. The molecule has 0 bridgehead atoms. The maximum atomic E-state index is 6.38. The Hall–Kier alpha value is 0.240. The van der Waals surface area contributed by atoms with Gasteiger partial charge in [-0.25, -0.2) is 0 Å². The molecule has 1 fully saturated rings. The summed E-state index contributed by atoms with van der Waals surface area (Å²) in [5, 5.41) is 4.45. The van der Waals surface area contributed by atoms with E-state index in [1.54, 1.807) is 0 Å². The summed E-state index contributed by atoms with van der Waals surface area (Å²) in [4.78, 5) is 0. The van der Waals surface area contributed by atoms with E-state index in [2.05, 4.69) is 40.3 Å². The number of hydrogen-bond donors (Lipinski definition) is 1. The Bertz CT molecular complexity index is 449. The minimum absolute atomic E-state index is 0. The fourth-order valence-electron chi connectivity index (χ4n) is 3.22. The van der Waals surface area contributed by atoms with Gasteiger partial charge in [-0.1, -0.05) is 24.6 Å². The molecule has 0 radical (unpaired) electrons. The van der Waals surface area contributed by atoms with E-state index in [4.69, 9.17) is 11.6 Å². The third-order valence-corrected chi connectivity index (χ3v) is 5.59. The quantitative estimate of drug-likeness (QED) is 0.750. The van der Waals surface area contributed by atoms with Crippen LogP contribution < -0.4 is 5.32 Å². The van der Waals surface area contributed by atoms with Gasteiger partial charge in [0.15, 0.2) is 0 Å². The second kappa shape index (κ2) is 4.73. The molecule has 1 nitrogen and oxygen atoms in total. The number of rotatable bonds is 0. The highest BCUT2D eigenvalue weighted by molar-refractivity contribution is 9.10. The number of halogens is 3. The monoisotopic (exact) mass is 335 g/mol. The van der Waals surface area contributed by atoms with Crippen molar-refractivity contribution in [2.45, 2.75) is 25.7 Å². The molecule has 0 amide bonds. The van der Waals surface area contributed by atoms with Crippen molar-refractivity contribution in [3.05, 3.63) is 32.8 Å². The largest absolute Gasteiger partial charge is 0.316 e. The first kappa shape index (κ1) is 13.7. The summed E-state index contributed by atoms with van der Waals surface area (Å²) in [7, 11) is 0. The summed E-state index contributed by atoms with van der Waals surface area (Å²) in [6, 6.07) is 4.34. The van der Waals surface area contributed by atoms with Crippen LogP contribution in [0.1, 0.15) is 30.4 Å². The fourth-order valence-corrected chi connectivity index (χ4v) is 3.86. The molecule has 1 N–H and O–H groups in total. The lowest BCUT2D eigenvalue weighted by Gasteiger charge is -2.37. The van der Waals surface area contributed by atoms with Crippen molar-refractivity contribution in [2.24, 2.45) is 5.41 Å². The van der Waals surface area contributed by atoms with Gasteiger partial charge < -0.3 is 5.32 Å². The van der Waals surface area contributed by atoms with Crippen molar-refractivity contribution < 1.29 is 0 Å². The van der Waals surface area contributed by atoms with Gasteiger partial charge in [-0.3, -0.25) is 0 Å². The Labute approximate surface area is 122 Å². The van der Waals surface area contributed by atoms with E-state index in [-0.39, 0.29) is 12.4 Å². The lowest BCUT2D eigenvalue weighted by Crippen LogP contribution is -2.30. The summed E-state index contributed by atoms with van der Waals surface area (Å²) >= 11 is 9.89. The Morgan fingerprint density at radius 3 is 3.00 bits per heavy atom. The highest BCUT2D eigenvalue weighted by Crippen LogP contribution is 2.49. The summed E-state index contributed by atoms with van der Waals surface area (Å²) in [6.07, 6.45) is 2.36. The van der Waals surface area contributed by atoms with Crippen LogP contribution in [0.3, 0.4) is 0 Å². The SMILES string of the molecule is C[C@@]12CCc3c(ccc(Br)c3Cl)[C@@H]1CNC2.Cl. The summed E-state index contributed by atoms with van der Waals surface area (Å²) in [6.45, 7) is 4.64. The van der Waals surface area contributed by atoms with Crippen molar-refractivity contribution in [1.29, 1.82) is 0 Å². The van der Waals surface area contributed by atoms with Crippen LogP contribution in [0.25, 0.3) is 0 Å². The Kier molecular flexibility index (Phi) is 3.80. The van der Waals surface area contributed by atoms with Crippen LogP contribution in [0, 0.1) is 5.41 Å². The molecule has 94 valence electrons. The van der Waals surface area contributed by atoms with Gasteiger partial charge in [-0.2, -0.15) is 0 Å². The molecule has 2 atom stereocenters. The van der Waals surface area contributed by atoms with E-state index in [9.17, 15) is 0 Å². The summed E-state index contributed by atoms with van der Waals surface area (Å²) < 4.78 is 1.03. The van der Waals surface area contributed by atoms with Gasteiger partial charge >= 0.3 is 0 Å². The predicted octanol–water partition coefficient (Wildman–Crippen LogP) is 4.16. The second-order valence-electron chi connectivity index (χ2n) is 5.27.